The molecule has 0 saturated carbocycles. The van der Waals surface area contributed by atoms with Crippen molar-refractivity contribution in [2.45, 2.75) is 39.8 Å². The average Bonchev–Trinajstić information content (AvgIpc) is 2.75. The van der Waals surface area contributed by atoms with Crippen LogP contribution in [-0.2, 0) is 11.3 Å². The van der Waals surface area contributed by atoms with Crippen LogP contribution in [0.4, 0.5) is 0 Å². The minimum absolute atomic E-state index is 0.0298. The molecule has 0 atom stereocenters. The molecule has 4 nitrogen and oxygen atoms in total. The quantitative estimate of drug-likeness (QED) is 0.851. The summed E-state index contributed by atoms with van der Waals surface area (Å²) < 4.78 is 1.98. The molecular formula is C16H20N2O2. The van der Waals surface area contributed by atoms with Gasteiger partial charge in [0.1, 0.15) is 0 Å². The number of amides is 1. The summed E-state index contributed by atoms with van der Waals surface area (Å²) in [4.78, 5) is 23.4. The molecule has 0 unspecified atom stereocenters. The highest BCUT2D eigenvalue weighted by Crippen LogP contribution is 2.22. The van der Waals surface area contributed by atoms with Gasteiger partial charge in [-0.3, -0.25) is 9.59 Å². The van der Waals surface area contributed by atoms with Gasteiger partial charge in [0.05, 0.1) is 0 Å². The number of para-hydroxylation sites is 1. The van der Waals surface area contributed by atoms with Crippen LogP contribution in [0.1, 0.15) is 37.6 Å². The van der Waals surface area contributed by atoms with Crippen molar-refractivity contribution in [1.82, 2.24) is 9.88 Å². The largest absolute Gasteiger partial charge is 0.354 e. The number of nitrogens with one attached hydrogen (secondary N) is 1. The van der Waals surface area contributed by atoms with Crippen LogP contribution >= 0.6 is 0 Å². The van der Waals surface area contributed by atoms with E-state index in [1.165, 1.54) is 0 Å². The maximum atomic E-state index is 11.7. The van der Waals surface area contributed by atoms with Crippen molar-refractivity contribution < 1.29 is 9.59 Å². The number of rotatable bonds is 5. The Morgan fingerprint density at radius 2 is 1.95 bits per heavy atom. The number of ketones is 1. The van der Waals surface area contributed by atoms with Crippen LogP contribution in [0.2, 0.25) is 0 Å². The number of aryl methyl sites for hydroxylation is 1. The Balaban J connectivity index is 2.22. The number of aromatic nitrogens is 1. The molecule has 0 spiro atoms. The van der Waals surface area contributed by atoms with Gasteiger partial charge in [-0.1, -0.05) is 18.2 Å². The summed E-state index contributed by atoms with van der Waals surface area (Å²) >= 11 is 0. The summed E-state index contributed by atoms with van der Waals surface area (Å²) in [6.45, 7) is 6.03. The second-order valence-corrected chi connectivity index (χ2v) is 5.28. The molecule has 0 bridgehead atoms. The van der Waals surface area contributed by atoms with E-state index in [1.54, 1.807) is 6.92 Å². The van der Waals surface area contributed by atoms with Gasteiger partial charge in [-0.15, -0.1) is 0 Å². The third-order valence-corrected chi connectivity index (χ3v) is 3.20. The van der Waals surface area contributed by atoms with E-state index in [9.17, 15) is 9.59 Å². The Kier molecular flexibility index (Phi) is 4.23. The van der Waals surface area contributed by atoms with E-state index < -0.39 is 0 Å². The lowest BCUT2D eigenvalue weighted by molar-refractivity contribution is -0.121. The van der Waals surface area contributed by atoms with Crippen molar-refractivity contribution in [3.05, 3.63) is 36.0 Å². The van der Waals surface area contributed by atoms with Crippen molar-refractivity contribution in [2.24, 2.45) is 0 Å². The molecule has 0 saturated heterocycles. The predicted molar refractivity (Wildman–Crippen MR) is 79.8 cm³/mol. The van der Waals surface area contributed by atoms with E-state index in [0.717, 1.165) is 10.9 Å². The SMILES string of the molecule is CC(=O)c1cn(CCC(=O)NC(C)C)c2ccccc12. The van der Waals surface area contributed by atoms with E-state index in [4.69, 9.17) is 0 Å². The first-order valence-corrected chi connectivity index (χ1v) is 6.87. The molecule has 4 heteroatoms. The molecule has 1 aromatic heterocycles. The minimum Gasteiger partial charge on any atom is -0.354 e. The smallest absolute Gasteiger partial charge is 0.221 e. The third kappa shape index (κ3) is 3.07. The van der Waals surface area contributed by atoms with Crippen molar-refractivity contribution in [2.75, 3.05) is 0 Å². The molecule has 1 aromatic carbocycles. The zero-order valence-corrected chi connectivity index (χ0v) is 12.1. The summed E-state index contributed by atoms with van der Waals surface area (Å²) in [5.74, 6) is 0.0775. The fourth-order valence-electron chi connectivity index (χ4n) is 2.33. The Hall–Kier alpha value is -2.10. The molecule has 0 fully saturated rings. The van der Waals surface area contributed by atoms with E-state index in [-0.39, 0.29) is 17.7 Å². The van der Waals surface area contributed by atoms with Crippen LogP contribution in [-0.4, -0.2) is 22.3 Å². The molecule has 2 aromatic rings. The number of nitrogens with zero attached hydrogens (tertiary/aromatic N) is 1. The van der Waals surface area contributed by atoms with Gasteiger partial charge in [-0.05, 0) is 26.8 Å². The summed E-state index contributed by atoms with van der Waals surface area (Å²) in [5, 5.41) is 3.82. The molecule has 0 aliphatic carbocycles. The van der Waals surface area contributed by atoms with Gasteiger partial charge in [0, 0.05) is 41.7 Å². The summed E-state index contributed by atoms with van der Waals surface area (Å²) in [7, 11) is 0. The lowest BCUT2D eigenvalue weighted by Crippen LogP contribution is -2.30. The van der Waals surface area contributed by atoms with E-state index >= 15 is 0 Å². The first-order valence-electron chi connectivity index (χ1n) is 6.87. The molecule has 1 N–H and O–H groups in total. The van der Waals surface area contributed by atoms with E-state index in [2.05, 4.69) is 5.32 Å². The van der Waals surface area contributed by atoms with Crippen LogP contribution in [0, 0.1) is 0 Å². The van der Waals surface area contributed by atoms with Gasteiger partial charge in [-0.25, -0.2) is 0 Å². The number of carbonyl (C=O) groups is 2. The molecule has 0 radical (unpaired) electrons. The third-order valence-electron chi connectivity index (χ3n) is 3.20. The van der Waals surface area contributed by atoms with Crippen LogP contribution in [0.15, 0.2) is 30.5 Å². The Morgan fingerprint density at radius 3 is 2.60 bits per heavy atom. The first-order chi connectivity index (χ1) is 9.49. The van der Waals surface area contributed by atoms with Crippen LogP contribution < -0.4 is 5.32 Å². The van der Waals surface area contributed by atoms with Crippen LogP contribution in [0.3, 0.4) is 0 Å². The highest BCUT2D eigenvalue weighted by Gasteiger charge is 2.12. The number of hydrogen-bond acceptors (Lipinski definition) is 2. The maximum Gasteiger partial charge on any atom is 0.221 e. The van der Waals surface area contributed by atoms with E-state index in [1.807, 2.05) is 48.9 Å². The normalized spacial score (nSPS) is 11.0. The van der Waals surface area contributed by atoms with Gasteiger partial charge in [-0.2, -0.15) is 0 Å². The summed E-state index contributed by atoms with van der Waals surface area (Å²) in [6, 6.07) is 7.93. The number of fused-ring (bicyclic) bond motifs is 1. The first kappa shape index (κ1) is 14.3. The monoisotopic (exact) mass is 272 g/mol. The number of hydrogen-bond donors (Lipinski definition) is 1. The van der Waals surface area contributed by atoms with Crippen molar-refractivity contribution in [1.29, 1.82) is 0 Å². The van der Waals surface area contributed by atoms with Crippen LogP contribution in [0.25, 0.3) is 10.9 Å². The van der Waals surface area contributed by atoms with Crippen molar-refractivity contribution in [3.63, 3.8) is 0 Å². The zero-order valence-electron chi connectivity index (χ0n) is 12.1. The van der Waals surface area contributed by atoms with Crippen LogP contribution in [0.5, 0.6) is 0 Å². The predicted octanol–water partition coefficient (Wildman–Crippen LogP) is 2.76. The zero-order chi connectivity index (χ0) is 14.7. The van der Waals surface area contributed by atoms with Gasteiger partial charge >= 0.3 is 0 Å². The molecular weight excluding hydrogens is 252 g/mol. The highest BCUT2D eigenvalue weighted by molar-refractivity contribution is 6.06. The Labute approximate surface area is 118 Å². The lowest BCUT2D eigenvalue weighted by atomic mass is 10.1. The molecule has 0 aliphatic rings. The Morgan fingerprint density at radius 1 is 1.25 bits per heavy atom. The summed E-state index contributed by atoms with van der Waals surface area (Å²) in [6.07, 6.45) is 2.25. The molecule has 20 heavy (non-hydrogen) atoms. The van der Waals surface area contributed by atoms with Gasteiger partial charge < -0.3 is 9.88 Å². The topological polar surface area (TPSA) is 51.1 Å². The molecule has 1 amide bonds. The van der Waals surface area contributed by atoms with Gasteiger partial charge in [0.2, 0.25) is 5.91 Å². The van der Waals surface area contributed by atoms with Crippen molar-refractivity contribution in [3.8, 4) is 0 Å². The Bertz CT molecular complexity index is 641. The molecule has 2 rings (SSSR count). The number of Topliss-reactive ketones (excluding diaryl/α,β-unsaturated/α-hetero) is 1. The van der Waals surface area contributed by atoms with E-state index in [0.29, 0.717) is 18.5 Å². The van der Waals surface area contributed by atoms with Gasteiger partial charge in [0.15, 0.2) is 5.78 Å². The second kappa shape index (κ2) is 5.90. The maximum absolute atomic E-state index is 11.7. The lowest BCUT2D eigenvalue weighted by Gasteiger charge is -2.09. The molecule has 1 heterocycles. The summed E-state index contributed by atoms with van der Waals surface area (Å²) in [5.41, 5.74) is 1.71. The number of benzene rings is 1. The van der Waals surface area contributed by atoms with Gasteiger partial charge in [0.25, 0.3) is 0 Å². The average molecular weight is 272 g/mol. The number of carbonyl (C=O) groups excluding carboxylic acids is 2. The fourth-order valence-corrected chi connectivity index (χ4v) is 2.33. The molecule has 106 valence electrons. The van der Waals surface area contributed by atoms with Crippen molar-refractivity contribution >= 4 is 22.6 Å². The highest BCUT2D eigenvalue weighted by atomic mass is 16.1. The standard InChI is InChI=1S/C16H20N2O2/c1-11(2)17-16(20)8-9-18-10-14(12(3)19)13-6-4-5-7-15(13)18/h4-7,10-11H,8-9H2,1-3H3,(H,17,20). The minimum atomic E-state index is 0.0298. The molecule has 0 aliphatic heterocycles. The fraction of sp³-hybridized carbons (Fsp3) is 0.375. The second-order valence-electron chi connectivity index (χ2n) is 5.28.